The van der Waals surface area contributed by atoms with E-state index in [-0.39, 0.29) is 5.82 Å². The minimum Gasteiger partial charge on any atom is -0.310 e. The summed E-state index contributed by atoms with van der Waals surface area (Å²) in [5, 5.41) is 3.38. The summed E-state index contributed by atoms with van der Waals surface area (Å²) in [7, 11) is 0. The molecule has 0 amide bonds. The van der Waals surface area contributed by atoms with Crippen LogP contribution in [0.25, 0.3) is 10.4 Å². The van der Waals surface area contributed by atoms with E-state index >= 15 is 0 Å². The highest BCUT2D eigenvalue weighted by molar-refractivity contribution is 7.15. The van der Waals surface area contributed by atoms with Crippen molar-refractivity contribution in [3.8, 4) is 10.4 Å². The molecule has 2 rings (SSSR count). The molecule has 1 N–H and O–H groups in total. The molecule has 0 saturated heterocycles. The highest BCUT2D eigenvalue weighted by atomic mass is 32.1. The van der Waals surface area contributed by atoms with Gasteiger partial charge in [0, 0.05) is 15.8 Å². The number of halogens is 1. The number of rotatable bonds is 4. The van der Waals surface area contributed by atoms with Crippen LogP contribution in [0.1, 0.15) is 30.3 Å². The number of benzene rings is 1. The van der Waals surface area contributed by atoms with Crippen molar-refractivity contribution in [2.45, 2.75) is 26.8 Å². The molecule has 0 saturated carbocycles. The first kappa shape index (κ1) is 13.2. The van der Waals surface area contributed by atoms with E-state index in [1.54, 1.807) is 24.3 Å². The predicted octanol–water partition coefficient (Wildman–Crippen LogP) is 4.53. The molecule has 1 atom stereocenters. The molecule has 0 bridgehead atoms. The molecule has 3 heteroatoms. The SMILES string of the molecule is CCNC(C)c1ccc(-c2ccc(C)c(F)c2)s1. The van der Waals surface area contributed by atoms with Crippen molar-refractivity contribution in [3.63, 3.8) is 0 Å². The third-order valence-corrected chi connectivity index (χ3v) is 4.34. The summed E-state index contributed by atoms with van der Waals surface area (Å²) in [5.74, 6) is -0.137. The highest BCUT2D eigenvalue weighted by Crippen LogP contribution is 2.32. The van der Waals surface area contributed by atoms with Crippen molar-refractivity contribution >= 4 is 11.3 Å². The molecule has 0 aliphatic rings. The second-order valence-electron chi connectivity index (χ2n) is 4.45. The van der Waals surface area contributed by atoms with Gasteiger partial charge in [-0.2, -0.15) is 0 Å². The first-order valence-corrected chi connectivity index (χ1v) is 7.03. The van der Waals surface area contributed by atoms with Gasteiger partial charge in [0.05, 0.1) is 0 Å². The van der Waals surface area contributed by atoms with Crippen molar-refractivity contribution in [2.75, 3.05) is 6.54 Å². The normalized spacial score (nSPS) is 12.7. The van der Waals surface area contributed by atoms with Crippen LogP contribution >= 0.6 is 11.3 Å². The molecular formula is C15H18FNS. The van der Waals surface area contributed by atoms with Crippen LogP contribution in [-0.2, 0) is 0 Å². The lowest BCUT2D eigenvalue weighted by Gasteiger charge is -2.09. The lowest BCUT2D eigenvalue weighted by Crippen LogP contribution is -2.16. The Hall–Kier alpha value is -1.19. The second-order valence-corrected chi connectivity index (χ2v) is 5.56. The molecular weight excluding hydrogens is 245 g/mol. The monoisotopic (exact) mass is 263 g/mol. The maximum Gasteiger partial charge on any atom is 0.126 e. The van der Waals surface area contributed by atoms with Crippen LogP contribution in [0.15, 0.2) is 30.3 Å². The minimum absolute atomic E-state index is 0.137. The van der Waals surface area contributed by atoms with E-state index in [0.717, 1.165) is 17.0 Å². The van der Waals surface area contributed by atoms with Crippen LogP contribution in [0.4, 0.5) is 4.39 Å². The summed E-state index contributed by atoms with van der Waals surface area (Å²) in [5.41, 5.74) is 1.65. The predicted molar refractivity (Wildman–Crippen MR) is 76.5 cm³/mol. The Balaban J connectivity index is 2.26. The first-order valence-electron chi connectivity index (χ1n) is 6.21. The van der Waals surface area contributed by atoms with Gasteiger partial charge < -0.3 is 5.32 Å². The lowest BCUT2D eigenvalue weighted by atomic mass is 10.1. The second kappa shape index (κ2) is 5.63. The maximum absolute atomic E-state index is 13.5. The van der Waals surface area contributed by atoms with Crippen molar-refractivity contribution in [2.24, 2.45) is 0 Å². The summed E-state index contributed by atoms with van der Waals surface area (Å²) in [6, 6.07) is 9.96. The van der Waals surface area contributed by atoms with Gasteiger partial charge in [-0.25, -0.2) is 4.39 Å². The van der Waals surface area contributed by atoms with Crippen molar-refractivity contribution in [3.05, 3.63) is 46.6 Å². The van der Waals surface area contributed by atoms with Crippen LogP contribution in [0.2, 0.25) is 0 Å². The standard InChI is InChI=1S/C15H18FNS/c1-4-17-11(3)14-7-8-15(18-14)12-6-5-10(2)13(16)9-12/h5-9,11,17H,4H2,1-3H3. The Morgan fingerprint density at radius 3 is 2.72 bits per heavy atom. The molecule has 1 aromatic carbocycles. The van der Waals surface area contributed by atoms with E-state index in [0.29, 0.717) is 11.6 Å². The molecule has 0 spiro atoms. The Bertz CT molecular complexity index is 533. The fourth-order valence-electron chi connectivity index (χ4n) is 1.89. The van der Waals surface area contributed by atoms with Crippen LogP contribution < -0.4 is 5.32 Å². The molecule has 0 aliphatic heterocycles. The summed E-state index contributed by atoms with van der Waals surface area (Å²) in [6.45, 7) is 6.98. The summed E-state index contributed by atoms with van der Waals surface area (Å²) >= 11 is 1.72. The Morgan fingerprint density at radius 1 is 1.28 bits per heavy atom. The molecule has 18 heavy (non-hydrogen) atoms. The zero-order chi connectivity index (χ0) is 13.1. The van der Waals surface area contributed by atoms with E-state index < -0.39 is 0 Å². The third kappa shape index (κ3) is 2.79. The Morgan fingerprint density at radius 2 is 2.06 bits per heavy atom. The quantitative estimate of drug-likeness (QED) is 0.854. The van der Waals surface area contributed by atoms with Crippen molar-refractivity contribution in [1.29, 1.82) is 0 Å². The topological polar surface area (TPSA) is 12.0 Å². The van der Waals surface area contributed by atoms with E-state index in [2.05, 4.69) is 31.3 Å². The summed E-state index contributed by atoms with van der Waals surface area (Å²) in [6.07, 6.45) is 0. The molecule has 0 radical (unpaired) electrons. The molecule has 1 aromatic heterocycles. The molecule has 1 unspecified atom stereocenters. The van der Waals surface area contributed by atoms with E-state index in [1.165, 1.54) is 4.88 Å². The molecule has 1 nitrogen and oxygen atoms in total. The molecule has 1 heterocycles. The van der Waals surface area contributed by atoms with Crippen LogP contribution in [0.5, 0.6) is 0 Å². The highest BCUT2D eigenvalue weighted by Gasteiger charge is 2.09. The molecule has 0 aliphatic carbocycles. The van der Waals surface area contributed by atoms with Crippen molar-refractivity contribution < 1.29 is 4.39 Å². The molecule has 96 valence electrons. The Labute approximate surface area is 112 Å². The smallest absolute Gasteiger partial charge is 0.126 e. The average molecular weight is 263 g/mol. The fraction of sp³-hybridized carbons (Fsp3) is 0.333. The van der Waals surface area contributed by atoms with Gasteiger partial charge in [0.2, 0.25) is 0 Å². The van der Waals surface area contributed by atoms with Gasteiger partial charge in [-0.3, -0.25) is 0 Å². The van der Waals surface area contributed by atoms with Crippen LogP contribution in [0.3, 0.4) is 0 Å². The van der Waals surface area contributed by atoms with Crippen molar-refractivity contribution in [1.82, 2.24) is 5.32 Å². The third-order valence-electron chi connectivity index (χ3n) is 3.02. The van der Waals surface area contributed by atoms with Gasteiger partial charge in [0.1, 0.15) is 5.82 Å². The number of nitrogens with one attached hydrogen (secondary N) is 1. The molecule has 2 aromatic rings. The van der Waals surface area contributed by atoms with Gasteiger partial charge in [-0.15, -0.1) is 11.3 Å². The molecule has 0 fully saturated rings. The number of aryl methyl sites for hydroxylation is 1. The fourth-order valence-corrected chi connectivity index (χ4v) is 2.92. The van der Waals surface area contributed by atoms with E-state index in [4.69, 9.17) is 0 Å². The largest absolute Gasteiger partial charge is 0.310 e. The zero-order valence-electron chi connectivity index (χ0n) is 11.0. The van der Waals surface area contributed by atoms with Gasteiger partial charge >= 0.3 is 0 Å². The number of thiophene rings is 1. The first-order chi connectivity index (χ1) is 8.61. The number of hydrogen-bond acceptors (Lipinski definition) is 2. The van der Waals surface area contributed by atoms with Gasteiger partial charge in [-0.1, -0.05) is 19.1 Å². The van der Waals surface area contributed by atoms with Crippen LogP contribution in [0, 0.1) is 12.7 Å². The Kier molecular flexibility index (Phi) is 4.15. The van der Waals surface area contributed by atoms with Gasteiger partial charge in [0.15, 0.2) is 0 Å². The summed E-state index contributed by atoms with van der Waals surface area (Å²) < 4.78 is 13.5. The van der Waals surface area contributed by atoms with Gasteiger partial charge in [-0.05, 0) is 49.7 Å². The average Bonchev–Trinajstić information content (AvgIpc) is 2.82. The summed E-state index contributed by atoms with van der Waals surface area (Å²) in [4.78, 5) is 2.40. The number of hydrogen-bond donors (Lipinski definition) is 1. The zero-order valence-corrected chi connectivity index (χ0v) is 11.8. The van der Waals surface area contributed by atoms with Crippen LogP contribution in [-0.4, -0.2) is 6.54 Å². The minimum atomic E-state index is -0.137. The lowest BCUT2D eigenvalue weighted by molar-refractivity contribution is 0.607. The van der Waals surface area contributed by atoms with E-state index in [1.807, 2.05) is 12.1 Å². The maximum atomic E-state index is 13.5. The van der Waals surface area contributed by atoms with Gasteiger partial charge in [0.25, 0.3) is 0 Å². The van der Waals surface area contributed by atoms with E-state index in [9.17, 15) is 4.39 Å².